The van der Waals surface area contributed by atoms with E-state index < -0.39 is 5.82 Å². The fourth-order valence-electron chi connectivity index (χ4n) is 3.12. The van der Waals surface area contributed by atoms with Gasteiger partial charge in [0, 0.05) is 26.3 Å². The molecule has 1 aromatic rings. The van der Waals surface area contributed by atoms with Gasteiger partial charge >= 0.3 is 0 Å². The Morgan fingerprint density at radius 3 is 2.60 bits per heavy atom. The second-order valence-corrected chi connectivity index (χ2v) is 5.63. The Kier molecular flexibility index (Phi) is 3.74. The van der Waals surface area contributed by atoms with Crippen molar-refractivity contribution in [3.05, 3.63) is 12.0 Å². The van der Waals surface area contributed by atoms with E-state index in [1.807, 2.05) is 0 Å². The number of rotatable bonds is 2. The topological polar surface area (TPSA) is 47.5 Å². The van der Waals surface area contributed by atoms with Gasteiger partial charge in [0.25, 0.3) is 5.88 Å². The van der Waals surface area contributed by atoms with Crippen molar-refractivity contribution in [2.45, 2.75) is 25.7 Å². The van der Waals surface area contributed by atoms with Crippen LogP contribution in [-0.2, 0) is 4.74 Å². The molecular formula is C14H20FN3O2. The molecule has 6 heteroatoms. The lowest BCUT2D eigenvalue weighted by molar-refractivity contribution is 0.00198. The van der Waals surface area contributed by atoms with Crippen LogP contribution in [0.5, 0.6) is 5.88 Å². The van der Waals surface area contributed by atoms with Crippen molar-refractivity contribution in [1.82, 2.24) is 9.97 Å². The van der Waals surface area contributed by atoms with Gasteiger partial charge < -0.3 is 14.4 Å². The van der Waals surface area contributed by atoms with E-state index >= 15 is 0 Å². The van der Waals surface area contributed by atoms with Crippen LogP contribution in [0.15, 0.2) is 6.20 Å². The molecule has 1 aromatic heterocycles. The molecule has 2 aliphatic heterocycles. The van der Waals surface area contributed by atoms with Crippen molar-refractivity contribution in [3.8, 4) is 5.88 Å². The third kappa shape index (κ3) is 2.57. The Hall–Kier alpha value is -1.43. The maximum Gasteiger partial charge on any atom is 0.255 e. The number of hydrogen-bond donors (Lipinski definition) is 0. The summed E-state index contributed by atoms with van der Waals surface area (Å²) in [6.45, 7) is 3.57. The van der Waals surface area contributed by atoms with E-state index in [4.69, 9.17) is 9.47 Å². The van der Waals surface area contributed by atoms with E-state index in [2.05, 4.69) is 14.9 Å². The summed E-state index contributed by atoms with van der Waals surface area (Å²) in [6.07, 6.45) is 5.72. The van der Waals surface area contributed by atoms with Crippen molar-refractivity contribution >= 4 is 5.95 Å². The lowest BCUT2D eigenvalue weighted by Gasteiger charge is -2.44. The van der Waals surface area contributed by atoms with Crippen molar-refractivity contribution < 1.29 is 13.9 Å². The van der Waals surface area contributed by atoms with Crippen LogP contribution in [0.25, 0.3) is 0 Å². The summed E-state index contributed by atoms with van der Waals surface area (Å²) in [5.74, 6) is 0.0562. The first kappa shape index (κ1) is 13.5. The highest BCUT2D eigenvalue weighted by atomic mass is 19.1. The number of hydrogen-bond acceptors (Lipinski definition) is 5. The van der Waals surface area contributed by atoms with E-state index in [-0.39, 0.29) is 5.88 Å². The van der Waals surface area contributed by atoms with E-state index in [1.54, 1.807) is 0 Å². The van der Waals surface area contributed by atoms with Gasteiger partial charge in [0.15, 0.2) is 0 Å². The highest BCUT2D eigenvalue weighted by Crippen LogP contribution is 2.41. The Bertz CT molecular complexity index is 467. The SMILES string of the molecule is COc1nc(N2CCC3(CCOCC3)CC2)ncc1F. The fourth-order valence-corrected chi connectivity index (χ4v) is 3.12. The third-order valence-electron chi connectivity index (χ3n) is 4.55. The first-order chi connectivity index (χ1) is 9.72. The second kappa shape index (κ2) is 5.52. The largest absolute Gasteiger partial charge is 0.479 e. The molecule has 0 N–H and O–H groups in total. The van der Waals surface area contributed by atoms with Crippen LogP contribution in [-0.4, -0.2) is 43.4 Å². The summed E-state index contributed by atoms with van der Waals surface area (Å²) < 4.78 is 23.7. The molecule has 1 spiro atoms. The number of ether oxygens (including phenoxy) is 2. The van der Waals surface area contributed by atoms with E-state index in [1.165, 1.54) is 13.3 Å². The van der Waals surface area contributed by atoms with Crippen LogP contribution in [0.3, 0.4) is 0 Å². The molecule has 0 aliphatic carbocycles. The third-order valence-corrected chi connectivity index (χ3v) is 4.55. The van der Waals surface area contributed by atoms with Crippen LogP contribution in [0.2, 0.25) is 0 Å². The Balaban J connectivity index is 1.68. The van der Waals surface area contributed by atoms with Gasteiger partial charge in [-0.05, 0) is 31.1 Å². The number of aromatic nitrogens is 2. The van der Waals surface area contributed by atoms with Crippen LogP contribution in [0, 0.1) is 11.2 Å². The van der Waals surface area contributed by atoms with Gasteiger partial charge in [-0.2, -0.15) is 9.37 Å². The number of piperidine rings is 1. The average molecular weight is 281 g/mol. The zero-order valence-electron chi connectivity index (χ0n) is 11.8. The maximum atomic E-state index is 13.3. The molecule has 0 unspecified atom stereocenters. The zero-order chi connectivity index (χ0) is 14.0. The van der Waals surface area contributed by atoms with Gasteiger partial charge in [0.2, 0.25) is 11.8 Å². The summed E-state index contributed by atoms with van der Waals surface area (Å²) in [7, 11) is 1.42. The standard InChI is InChI=1S/C14H20FN3O2/c1-19-12-11(15)10-16-13(17-12)18-6-2-14(3-7-18)4-8-20-9-5-14/h10H,2-9H2,1H3. The van der Waals surface area contributed by atoms with Gasteiger partial charge in [0.05, 0.1) is 13.3 Å². The smallest absolute Gasteiger partial charge is 0.255 e. The van der Waals surface area contributed by atoms with Crippen LogP contribution in [0.1, 0.15) is 25.7 Å². The minimum absolute atomic E-state index is 0.0151. The summed E-state index contributed by atoms with van der Waals surface area (Å²) >= 11 is 0. The van der Waals surface area contributed by atoms with Crippen molar-refractivity contribution in [3.63, 3.8) is 0 Å². The summed E-state index contributed by atoms with van der Waals surface area (Å²) in [5.41, 5.74) is 0.429. The van der Waals surface area contributed by atoms with Crippen molar-refractivity contribution in [1.29, 1.82) is 0 Å². The van der Waals surface area contributed by atoms with Gasteiger partial charge in [-0.25, -0.2) is 4.98 Å². The molecule has 3 rings (SSSR count). The van der Waals surface area contributed by atoms with Gasteiger partial charge in [0.1, 0.15) is 0 Å². The molecule has 5 nitrogen and oxygen atoms in total. The predicted molar refractivity (Wildman–Crippen MR) is 72.5 cm³/mol. The monoisotopic (exact) mass is 281 g/mol. The van der Waals surface area contributed by atoms with Crippen LogP contribution >= 0.6 is 0 Å². The molecule has 110 valence electrons. The highest BCUT2D eigenvalue weighted by molar-refractivity contribution is 5.33. The molecular weight excluding hydrogens is 261 g/mol. The summed E-state index contributed by atoms with van der Waals surface area (Å²) in [4.78, 5) is 10.3. The predicted octanol–water partition coefficient (Wildman–Crippen LogP) is 2.02. The quantitative estimate of drug-likeness (QED) is 0.830. The molecule has 2 fully saturated rings. The lowest BCUT2D eigenvalue weighted by atomic mass is 9.72. The van der Waals surface area contributed by atoms with Crippen molar-refractivity contribution in [2.24, 2.45) is 5.41 Å². The molecule has 0 saturated carbocycles. The normalized spacial score (nSPS) is 22.0. The zero-order valence-corrected chi connectivity index (χ0v) is 11.8. The Labute approximate surface area is 118 Å². The second-order valence-electron chi connectivity index (χ2n) is 5.63. The molecule has 0 bridgehead atoms. The number of methoxy groups -OCH3 is 1. The molecule has 2 saturated heterocycles. The Morgan fingerprint density at radius 2 is 1.95 bits per heavy atom. The highest BCUT2D eigenvalue weighted by Gasteiger charge is 2.36. The lowest BCUT2D eigenvalue weighted by Crippen LogP contribution is -2.43. The molecule has 0 radical (unpaired) electrons. The molecule has 3 heterocycles. The van der Waals surface area contributed by atoms with E-state index in [0.29, 0.717) is 11.4 Å². The molecule has 0 aromatic carbocycles. The number of anilines is 1. The summed E-state index contributed by atoms with van der Waals surface area (Å²) in [6, 6.07) is 0. The number of halogens is 1. The van der Waals surface area contributed by atoms with E-state index in [9.17, 15) is 4.39 Å². The van der Waals surface area contributed by atoms with Gasteiger partial charge in [-0.3, -0.25) is 0 Å². The molecule has 2 aliphatic rings. The van der Waals surface area contributed by atoms with Gasteiger partial charge in [-0.15, -0.1) is 0 Å². The first-order valence-corrected chi connectivity index (χ1v) is 7.12. The molecule has 0 atom stereocenters. The Morgan fingerprint density at radius 1 is 1.25 bits per heavy atom. The van der Waals surface area contributed by atoms with Crippen LogP contribution in [0.4, 0.5) is 10.3 Å². The van der Waals surface area contributed by atoms with E-state index in [0.717, 1.165) is 52.0 Å². The van der Waals surface area contributed by atoms with Crippen LogP contribution < -0.4 is 9.64 Å². The number of nitrogens with zero attached hydrogens (tertiary/aromatic N) is 3. The molecule has 20 heavy (non-hydrogen) atoms. The molecule has 0 amide bonds. The minimum atomic E-state index is -0.519. The van der Waals surface area contributed by atoms with Crippen molar-refractivity contribution in [2.75, 3.05) is 38.3 Å². The van der Waals surface area contributed by atoms with Gasteiger partial charge in [-0.1, -0.05) is 0 Å². The minimum Gasteiger partial charge on any atom is -0.479 e. The fraction of sp³-hybridized carbons (Fsp3) is 0.714. The average Bonchev–Trinajstić information content (AvgIpc) is 2.50. The summed E-state index contributed by atoms with van der Waals surface area (Å²) in [5, 5.41) is 0. The maximum absolute atomic E-state index is 13.3. The first-order valence-electron chi connectivity index (χ1n) is 7.12.